The Morgan fingerprint density at radius 2 is 1.53 bits per heavy atom. The van der Waals surface area contributed by atoms with Crippen molar-refractivity contribution in [3.63, 3.8) is 0 Å². The van der Waals surface area contributed by atoms with Crippen molar-refractivity contribution in [3.05, 3.63) is 83.9 Å². The molecule has 1 aliphatic heterocycles. The lowest BCUT2D eigenvalue weighted by Crippen LogP contribution is -2.44. The van der Waals surface area contributed by atoms with Crippen LogP contribution in [0.2, 0.25) is 0 Å². The second-order valence-corrected chi connectivity index (χ2v) is 8.13. The van der Waals surface area contributed by atoms with Crippen molar-refractivity contribution < 1.29 is 9.59 Å². The van der Waals surface area contributed by atoms with Gasteiger partial charge in [0.2, 0.25) is 5.91 Å². The van der Waals surface area contributed by atoms with Crippen molar-refractivity contribution in [2.24, 2.45) is 5.92 Å². The van der Waals surface area contributed by atoms with Gasteiger partial charge >= 0.3 is 0 Å². The Kier molecular flexibility index (Phi) is 5.84. The van der Waals surface area contributed by atoms with Gasteiger partial charge in [-0.05, 0) is 42.2 Å². The van der Waals surface area contributed by atoms with E-state index in [2.05, 4.69) is 19.1 Å². The smallest absolute Gasteiger partial charge is 0.254 e. The highest BCUT2D eigenvalue weighted by atomic mass is 16.2. The Balaban J connectivity index is 1.41. The molecule has 30 heavy (non-hydrogen) atoms. The summed E-state index contributed by atoms with van der Waals surface area (Å²) in [5.41, 5.74) is 1.88. The Morgan fingerprint density at radius 3 is 2.27 bits per heavy atom. The molecule has 1 heterocycles. The summed E-state index contributed by atoms with van der Waals surface area (Å²) in [6.07, 6.45) is 1.42. The molecule has 4 rings (SSSR count). The molecule has 0 unspecified atom stereocenters. The molecule has 4 heteroatoms. The number of hydrogen-bond donors (Lipinski definition) is 0. The molecule has 0 saturated carbocycles. The van der Waals surface area contributed by atoms with Crippen LogP contribution in [0.3, 0.4) is 0 Å². The molecule has 1 aliphatic rings. The average molecular weight is 401 g/mol. The molecular weight excluding hydrogens is 372 g/mol. The number of benzene rings is 3. The fourth-order valence-corrected chi connectivity index (χ4v) is 4.35. The number of nitrogens with zero attached hydrogens (tertiary/aromatic N) is 2. The van der Waals surface area contributed by atoms with Crippen LogP contribution in [0.25, 0.3) is 10.8 Å². The second-order valence-electron chi connectivity index (χ2n) is 8.13. The van der Waals surface area contributed by atoms with E-state index in [0.717, 1.165) is 21.9 Å². The summed E-state index contributed by atoms with van der Waals surface area (Å²) >= 11 is 0. The van der Waals surface area contributed by atoms with Gasteiger partial charge < -0.3 is 9.80 Å². The zero-order valence-electron chi connectivity index (χ0n) is 17.6. The normalized spacial score (nSPS) is 15.7. The maximum Gasteiger partial charge on any atom is 0.254 e. The first-order chi connectivity index (χ1) is 14.6. The number of carbonyl (C=O) groups is 2. The monoisotopic (exact) mass is 400 g/mol. The summed E-state index contributed by atoms with van der Waals surface area (Å²) in [4.78, 5) is 29.9. The summed E-state index contributed by atoms with van der Waals surface area (Å²) in [6, 6.07) is 24.0. The zero-order chi connectivity index (χ0) is 21.1. The van der Waals surface area contributed by atoms with Crippen molar-refractivity contribution in [1.29, 1.82) is 0 Å². The van der Waals surface area contributed by atoms with Crippen molar-refractivity contribution in [2.75, 3.05) is 20.1 Å². The fourth-order valence-electron chi connectivity index (χ4n) is 4.35. The summed E-state index contributed by atoms with van der Waals surface area (Å²) in [7, 11) is 1.88. The van der Waals surface area contributed by atoms with E-state index in [1.807, 2.05) is 77.5 Å². The number of amides is 2. The molecule has 1 atom stereocenters. The third kappa shape index (κ3) is 3.95. The third-order valence-electron chi connectivity index (χ3n) is 6.36. The minimum atomic E-state index is -0.0299. The van der Waals surface area contributed by atoms with Gasteiger partial charge in [-0.1, -0.05) is 66.7 Å². The lowest BCUT2D eigenvalue weighted by atomic mass is 9.93. The number of rotatable bonds is 4. The third-order valence-corrected chi connectivity index (χ3v) is 6.36. The van der Waals surface area contributed by atoms with Crippen LogP contribution in [0.1, 0.15) is 41.7 Å². The number of piperidine rings is 1. The first kappa shape index (κ1) is 20.1. The van der Waals surface area contributed by atoms with Crippen molar-refractivity contribution in [1.82, 2.24) is 9.80 Å². The minimum Gasteiger partial charge on any atom is -0.339 e. The van der Waals surface area contributed by atoms with Gasteiger partial charge in [-0.3, -0.25) is 9.59 Å². The molecule has 0 radical (unpaired) electrons. The highest BCUT2D eigenvalue weighted by Gasteiger charge is 2.31. The lowest BCUT2D eigenvalue weighted by Gasteiger charge is -2.35. The molecular formula is C26H28N2O2. The molecule has 3 aromatic carbocycles. The standard InChI is InChI=1S/C26H28N2O2/c1-19(20-9-4-3-5-10-20)27(2)25(29)22-15-17-28(18-16-22)26(30)24-14-8-12-21-11-6-7-13-23(21)24/h3-14,19,22H,15-18H2,1-2H3/t19-/m0/s1. The Morgan fingerprint density at radius 1 is 0.900 bits per heavy atom. The van der Waals surface area contributed by atoms with Crippen LogP contribution in [-0.2, 0) is 4.79 Å². The van der Waals surface area contributed by atoms with Gasteiger partial charge in [-0.25, -0.2) is 0 Å². The van der Waals surface area contributed by atoms with Gasteiger partial charge in [-0.15, -0.1) is 0 Å². The average Bonchev–Trinajstić information content (AvgIpc) is 2.82. The highest BCUT2D eigenvalue weighted by molar-refractivity contribution is 6.07. The Hall–Kier alpha value is -3.14. The summed E-state index contributed by atoms with van der Waals surface area (Å²) in [6.45, 7) is 3.30. The molecule has 0 bridgehead atoms. The molecule has 3 aromatic rings. The van der Waals surface area contributed by atoms with Gasteiger partial charge in [-0.2, -0.15) is 0 Å². The SMILES string of the molecule is C[C@@H](c1ccccc1)N(C)C(=O)C1CCN(C(=O)c2cccc3ccccc23)CC1. The summed E-state index contributed by atoms with van der Waals surface area (Å²) < 4.78 is 0. The van der Waals surface area contributed by atoms with E-state index in [9.17, 15) is 9.59 Å². The van der Waals surface area contributed by atoms with Crippen molar-refractivity contribution >= 4 is 22.6 Å². The van der Waals surface area contributed by atoms with Crippen molar-refractivity contribution in [3.8, 4) is 0 Å². The maximum atomic E-state index is 13.1. The summed E-state index contributed by atoms with van der Waals surface area (Å²) in [5.74, 6) is 0.199. The number of fused-ring (bicyclic) bond motifs is 1. The van der Waals surface area contributed by atoms with Crippen LogP contribution in [0.15, 0.2) is 72.8 Å². The maximum absolute atomic E-state index is 13.1. The Bertz CT molecular complexity index is 1030. The van der Waals surface area contributed by atoms with E-state index < -0.39 is 0 Å². The topological polar surface area (TPSA) is 40.6 Å². The zero-order valence-corrected chi connectivity index (χ0v) is 17.6. The molecule has 0 spiro atoms. The predicted molar refractivity (Wildman–Crippen MR) is 120 cm³/mol. The van der Waals surface area contributed by atoms with E-state index in [-0.39, 0.29) is 23.8 Å². The first-order valence-electron chi connectivity index (χ1n) is 10.6. The van der Waals surface area contributed by atoms with Gasteiger partial charge in [0.15, 0.2) is 0 Å². The summed E-state index contributed by atoms with van der Waals surface area (Å²) in [5, 5.41) is 2.06. The second kappa shape index (κ2) is 8.70. The minimum absolute atomic E-state index is 0.0299. The molecule has 0 aliphatic carbocycles. The first-order valence-corrected chi connectivity index (χ1v) is 10.6. The van der Waals surface area contributed by atoms with Gasteiger partial charge in [0.25, 0.3) is 5.91 Å². The quantitative estimate of drug-likeness (QED) is 0.624. The van der Waals surface area contributed by atoms with E-state index in [1.165, 1.54) is 0 Å². The molecule has 154 valence electrons. The number of hydrogen-bond acceptors (Lipinski definition) is 2. The van der Waals surface area contributed by atoms with Gasteiger partial charge in [0.05, 0.1) is 6.04 Å². The fraction of sp³-hybridized carbons (Fsp3) is 0.308. The molecule has 0 aromatic heterocycles. The lowest BCUT2D eigenvalue weighted by molar-refractivity contribution is -0.137. The highest BCUT2D eigenvalue weighted by Crippen LogP contribution is 2.27. The number of likely N-dealkylation sites (tertiary alicyclic amines) is 1. The van der Waals surface area contributed by atoms with Crippen LogP contribution in [0.4, 0.5) is 0 Å². The molecule has 1 fully saturated rings. The van der Waals surface area contributed by atoms with Gasteiger partial charge in [0.1, 0.15) is 0 Å². The molecule has 4 nitrogen and oxygen atoms in total. The van der Waals surface area contributed by atoms with E-state index in [4.69, 9.17) is 0 Å². The van der Waals surface area contributed by atoms with E-state index in [1.54, 1.807) is 0 Å². The molecule has 0 N–H and O–H groups in total. The van der Waals surface area contributed by atoms with E-state index >= 15 is 0 Å². The molecule has 1 saturated heterocycles. The largest absolute Gasteiger partial charge is 0.339 e. The van der Waals surface area contributed by atoms with E-state index in [0.29, 0.717) is 25.9 Å². The van der Waals surface area contributed by atoms with Gasteiger partial charge in [0, 0.05) is 31.6 Å². The van der Waals surface area contributed by atoms with Crippen LogP contribution in [0.5, 0.6) is 0 Å². The van der Waals surface area contributed by atoms with Crippen LogP contribution >= 0.6 is 0 Å². The van der Waals surface area contributed by atoms with Crippen LogP contribution in [-0.4, -0.2) is 41.8 Å². The Labute approximate surface area is 178 Å². The predicted octanol–water partition coefficient (Wildman–Crippen LogP) is 4.91. The molecule has 2 amide bonds. The number of carbonyl (C=O) groups excluding carboxylic acids is 2. The van der Waals surface area contributed by atoms with Crippen LogP contribution < -0.4 is 0 Å². The van der Waals surface area contributed by atoms with Crippen LogP contribution in [0, 0.1) is 5.92 Å². The van der Waals surface area contributed by atoms with Crippen molar-refractivity contribution in [2.45, 2.75) is 25.8 Å².